The van der Waals surface area contributed by atoms with Crippen LogP contribution in [-0.4, -0.2) is 18.9 Å². The lowest BCUT2D eigenvalue weighted by molar-refractivity contribution is -0.115. The summed E-state index contributed by atoms with van der Waals surface area (Å²) in [6, 6.07) is 20.3. The Bertz CT molecular complexity index is 1340. The summed E-state index contributed by atoms with van der Waals surface area (Å²) in [6.07, 6.45) is 2.15. The Kier molecular flexibility index (Phi) is 4.25. The summed E-state index contributed by atoms with van der Waals surface area (Å²) in [5, 5.41) is 4.29. The van der Waals surface area contributed by atoms with Crippen molar-refractivity contribution in [3.63, 3.8) is 0 Å². The number of hydrogen-bond acceptors (Lipinski definition) is 5. The molecule has 0 saturated heterocycles. The number of amides is 1. The van der Waals surface area contributed by atoms with E-state index < -0.39 is 0 Å². The lowest BCUT2D eigenvalue weighted by Crippen LogP contribution is -2.14. The number of thiophene rings is 1. The van der Waals surface area contributed by atoms with Gasteiger partial charge in [0.1, 0.15) is 0 Å². The molecule has 2 aliphatic rings. The van der Waals surface area contributed by atoms with Gasteiger partial charge in [-0.3, -0.25) is 9.79 Å². The van der Waals surface area contributed by atoms with E-state index in [2.05, 4.69) is 46.7 Å². The zero-order valence-electron chi connectivity index (χ0n) is 16.6. The molecule has 0 radical (unpaired) electrons. The number of fused-ring (bicyclic) bond motifs is 3. The molecular formula is C25H18N2O3S. The Hall–Kier alpha value is -3.64. The molecule has 1 aromatic heterocycles. The lowest BCUT2D eigenvalue weighted by Gasteiger charge is -2.12. The summed E-state index contributed by atoms with van der Waals surface area (Å²) in [7, 11) is 0. The first kappa shape index (κ1) is 18.2. The third kappa shape index (κ3) is 3.35. The van der Waals surface area contributed by atoms with Crippen LogP contribution in [0.15, 0.2) is 65.7 Å². The zero-order valence-corrected chi connectivity index (χ0v) is 17.4. The van der Waals surface area contributed by atoms with E-state index in [1.807, 2.05) is 30.5 Å². The topological polar surface area (TPSA) is 59.9 Å². The molecule has 0 fully saturated rings. The number of carbonyl (C=O) groups excluding carboxylic acids is 1. The van der Waals surface area contributed by atoms with Crippen molar-refractivity contribution in [2.45, 2.75) is 13.0 Å². The molecule has 3 aromatic carbocycles. The van der Waals surface area contributed by atoms with E-state index in [4.69, 9.17) is 9.47 Å². The molecule has 0 saturated carbocycles. The molecule has 6 rings (SSSR count). The van der Waals surface area contributed by atoms with Crippen LogP contribution in [0.2, 0.25) is 0 Å². The Morgan fingerprint density at radius 1 is 1.03 bits per heavy atom. The Morgan fingerprint density at radius 3 is 2.87 bits per heavy atom. The molecule has 1 N–H and O–H groups in total. The Labute approximate surface area is 183 Å². The average Bonchev–Trinajstić information content (AvgIpc) is 3.51. The number of anilines is 1. The largest absolute Gasteiger partial charge is 0.454 e. The fourth-order valence-corrected chi connectivity index (χ4v) is 5.18. The molecule has 0 unspecified atom stereocenters. The monoisotopic (exact) mass is 426 g/mol. The van der Waals surface area contributed by atoms with Crippen LogP contribution in [0, 0.1) is 0 Å². The van der Waals surface area contributed by atoms with Gasteiger partial charge in [-0.1, -0.05) is 24.3 Å². The first-order valence-electron chi connectivity index (χ1n) is 10.1. The van der Waals surface area contributed by atoms with Gasteiger partial charge in [0.15, 0.2) is 11.5 Å². The first-order valence-corrected chi connectivity index (χ1v) is 10.9. The van der Waals surface area contributed by atoms with E-state index in [1.54, 1.807) is 11.3 Å². The fourth-order valence-electron chi connectivity index (χ4n) is 4.07. The SMILES string of the molecule is O=C(Cc1ccc2c(c1)OCO2)Nc1cc2c(c(-c3cc4ccccc4s3)c1)CN=C2. The predicted molar refractivity (Wildman–Crippen MR) is 123 cm³/mol. The number of nitrogens with one attached hydrogen (secondary N) is 1. The van der Waals surface area contributed by atoms with E-state index in [9.17, 15) is 4.79 Å². The zero-order chi connectivity index (χ0) is 20.8. The van der Waals surface area contributed by atoms with Gasteiger partial charge in [-0.25, -0.2) is 0 Å². The second-order valence-electron chi connectivity index (χ2n) is 7.62. The van der Waals surface area contributed by atoms with Gasteiger partial charge in [0, 0.05) is 27.0 Å². The summed E-state index contributed by atoms with van der Waals surface area (Å²) in [5.74, 6) is 1.33. The maximum Gasteiger partial charge on any atom is 0.231 e. The second-order valence-corrected chi connectivity index (χ2v) is 8.71. The van der Waals surface area contributed by atoms with Gasteiger partial charge in [-0.2, -0.15) is 0 Å². The maximum atomic E-state index is 12.8. The number of nitrogens with zero attached hydrogens (tertiary/aromatic N) is 1. The van der Waals surface area contributed by atoms with Crippen LogP contribution in [-0.2, 0) is 17.8 Å². The molecule has 5 nitrogen and oxygen atoms in total. The van der Waals surface area contributed by atoms with Crippen molar-refractivity contribution in [2.24, 2.45) is 4.99 Å². The summed E-state index contributed by atoms with van der Waals surface area (Å²) >= 11 is 1.76. The first-order chi connectivity index (χ1) is 15.2. The van der Waals surface area contributed by atoms with Crippen LogP contribution < -0.4 is 14.8 Å². The quantitative estimate of drug-likeness (QED) is 0.475. The van der Waals surface area contributed by atoms with Crippen molar-refractivity contribution in [3.05, 3.63) is 77.4 Å². The number of aliphatic imine (C=N–C) groups is 1. The number of hydrogen-bond donors (Lipinski definition) is 1. The van der Waals surface area contributed by atoms with Crippen LogP contribution in [0.1, 0.15) is 16.7 Å². The fraction of sp³-hybridized carbons (Fsp3) is 0.120. The van der Waals surface area contributed by atoms with Gasteiger partial charge in [0.05, 0.1) is 13.0 Å². The number of carbonyl (C=O) groups is 1. The third-order valence-corrected chi connectivity index (χ3v) is 6.69. The highest BCUT2D eigenvalue weighted by atomic mass is 32.1. The van der Waals surface area contributed by atoms with Crippen molar-refractivity contribution in [1.29, 1.82) is 0 Å². The maximum absolute atomic E-state index is 12.8. The molecule has 3 heterocycles. The van der Waals surface area contributed by atoms with Crippen LogP contribution in [0.25, 0.3) is 20.5 Å². The molecule has 0 atom stereocenters. The summed E-state index contributed by atoms with van der Waals surface area (Å²) in [6.45, 7) is 0.895. The highest BCUT2D eigenvalue weighted by Crippen LogP contribution is 2.39. The smallest absolute Gasteiger partial charge is 0.231 e. The van der Waals surface area contributed by atoms with Crippen molar-refractivity contribution in [1.82, 2.24) is 0 Å². The van der Waals surface area contributed by atoms with Crippen LogP contribution in [0.5, 0.6) is 11.5 Å². The van der Waals surface area contributed by atoms with E-state index >= 15 is 0 Å². The molecule has 0 aliphatic carbocycles. The van der Waals surface area contributed by atoms with Crippen molar-refractivity contribution < 1.29 is 14.3 Å². The minimum Gasteiger partial charge on any atom is -0.454 e. The van der Waals surface area contributed by atoms with Gasteiger partial charge in [0.2, 0.25) is 12.7 Å². The Morgan fingerprint density at radius 2 is 1.94 bits per heavy atom. The summed E-state index contributed by atoms with van der Waals surface area (Å²) in [4.78, 5) is 18.4. The van der Waals surface area contributed by atoms with Crippen molar-refractivity contribution >= 4 is 39.2 Å². The number of ether oxygens (including phenoxy) is 2. The van der Waals surface area contributed by atoms with Crippen molar-refractivity contribution in [3.8, 4) is 21.9 Å². The van der Waals surface area contributed by atoms with Crippen LogP contribution in [0.3, 0.4) is 0 Å². The molecule has 1 amide bonds. The van der Waals surface area contributed by atoms with E-state index in [0.29, 0.717) is 12.3 Å². The minimum absolute atomic E-state index is 0.0731. The molecule has 2 aliphatic heterocycles. The van der Waals surface area contributed by atoms with Crippen molar-refractivity contribution in [2.75, 3.05) is 12.1 Å². The normalized spacial score (nSPS) is 13.5. The number of benzene rings is 3. The van der Waals surface area contributed by atoms with Gasteiger partial charge in [-0.05, 0) is 58.5 Å². The van der Waals surface area contributed by atoms with E-state index in [0.717, 1.165) is 28.1 Å². The van der Waals surface area contributed by atoms with Crippen LogP contribution in [0.4, 0.5) is 5.69 Å². The summed E-state index contributed by atoms with van der Waals surface area (Å²) < 4.78 is 12.0. The van der Waals surface area contributed by atoms with Gasteiger partial charge >= 0.3 is 0 Å². The molecule has 6 heteroatoms. The Balaban J connectivity index is 1.29. The highest BCUT2D eigenvalue weighted by molar-refractivity contribution is 7.22. The second kappa shape index (κ2) is 7.25. The minimum atomic E-state index is -0.0731. The molecule has 0 spiro atoms. The number of rotatable bonds is 4. The molecule has 152 valence electrons. The molecule has 4 aromatic rings. The average molecular weight is 426 g/mol. The van der Waals surface area contributed by atoms with E-state index in [-0.39, 0.29) is 19.1 Å². The molecule has 0 bridgehead atoms. The standard InChI is InChI=1S/C25H18N2O3S/c28-25(8-15-5-6-21-22(7-15)30-14-29-21)27-18-9-17-12-26-13-20(17)19(11-18)24-10-16-3-1-2-4-23(16)31-24/h1-7,9-12H,8,13-14H2,(H,27,28). The highest BCUT2D eigenvalue weighted by Gasteiger charge is 2.18. The van der Waals surface area contributed by atoms with Gasteiger partial charge in [-0.15, -0.1) is 11.3 Å². The molecular weight excluding hydrogens is 408 g/mol. The third-order valence-electron chi connectivity index (χ3n) is 5.54. The lowest BCUT2D eigenvalue weighted by atomic mass is 10.00. The predicted octanol–water partition coefficient (Wildman–Crippen LogP) is 5.41. The van der Waals surface area contributed by atoms with E-state index in [1.165, 1.54) is 20.5 Å². The molecule has 31 heavy (non-hydrogen) atoms. The van der Waals surface area contributed by atoms with Gasteiger partial charge in [0.25, 0.3) is 0 Å². The summed E-state index contributed by atoms with van der Waals surface area (Å²) in [5.41, 5.74) is 5.07. The van der Waals surface area contributed by atoms with Crippen LogP contribution >= 0.6 is 11.3 Å². The van der Waals surface area contributed by atoms with Gasteiger partial charge < -0.3 is 14.8 Å².